The number of benzene rings is 1. The number of hydrogen-bond acceptors (Lipinski definition) is 2. The van der Waals surface area contributed by atoms with E-state index in [1.807, 2.05) is 12.1 Å². The van der Waals surface area contributed by atoms with Gasteiger partial charge in [-0.2, -0.15) is 0 Å². The molecule has 1 aromatic rings. The summed E-state index contributed by atoms with van der Waals surface area (Å²) in [5.41, 5.74) is 2.14. The number of carbonyl (C=O) groups excluding carboxylic acids is 1. The lowest BCUT2D eigenvalue weighted by atomic mass is 9.91. The molecule has 0 amide bonds. The van der Waals surface area contributed by atoms with Crippen LogP contribution in [0.25, 0.3) is 0 Å². The van der Waals surface area contributed by atoms with E-state index < -0.39 is 0 Å². The molecule has 19 heavy (non-hydrogen) atoms. The average Bonchev–Trinajstić information content (AvgIpc) is 2.44. The van der Waals surface area contributed by atoms with Crippen molar-refractivity contribution in [1.82, 2.24) is 4.90 Å². The molecule has 104 valence electrons. The molecule has 0 aliphatic carbocycles. The second-order valence-corrected chi connectivity index (χ2v) is 5.80. The molecule has 2 rings (SSSR count). The van der Waals surface area contributed by atoms with Crippen LogP contribution in [-0.4, -0.2) is 29.8 Å². The summed E-state index contributed by atoms with van der Waals surface area (Å²) in [7, 11) is 0. The Balaban J connectivity index is 1.99. The topological polar surface area (TPSA) is 20.3 Å². The van der Waals surface area contributed by atoms with Crippen molar-refractivity contribution in [2.24, 2.45) is 5.92 Å². The van der Waals surface area contributed by atoms with Gasteiger partial charge in [-0.05, 0) is 44.2 Å². The molecule has 2 heteroatoms. The normalized spacial score (nSPS) is 24.4. The van der Waals surface area contributed by atoms with Crippen molar-refractivity contribution in [3.05, 3.63) is 35.4 Å². The third kappa shape index (κ3) is 3.44. The molecule has 1 aliphatic heterocycles. The van der Waals surface area contributed by atoms with Crippen molar-refractivity contribution in [3.63, 3.8) is 0 Å². The van der Waals surface area contributed by atoms with Crippen LogP contribution in [-0.2, 0) is 6.42 Å². The molecular weight excluding hydrogens is 234 g/mol. The molecule has 1 aromatic carbocycles. The smallest absolute Gasteiger partial charge is 0.176 e. The van der Waals surface area contributed by atoms with E-state index in [0.717, 1.165) is 18.5 Å². The number of likely N-dealkylation sites (tertiary alicyclic amines) is 1. The highest BCUT2D eigenvalue weighted by Crippen LogP contribution is 2.22. The zero-order valence-electron chi connectivity index (χ0n) is 12.4. The lowest BCUT2D eigenvalue weighted by Crippen LogP contribution is -2.44. The minimum absolute atomic E-state index is 0.253. The lowest BCUT2D eigenvalue weighted by molar-refractivity contribution is 0.0779. The molecule has 0 radical (unpaired) electrons. The van der Waals surface area contributed by atoms with Crippen LogP contribution in [0.5, 0.6) is 0 Å². The summed E-state index contributed by atoms with van der Waals surface area (Å²) in [5.74, 6) is 0.952. The number of nitrogens with zero attached hydrogens (tertiary/aromatic N) is 1. The van der Waals surface area contributed by atoms with Gasteiger partial charge in [-0.1, -0.05) is 38.1 Å². The lowest BCUT2D eigenvalue weighted by Gasteiger charge is -2.37. The second kappa shape index (κ2) is 6.33. The molecule has 1 fully saturated rings. The highest BCUT2D eigenvalue weighted by Gasteiger charge is 2.26. The number of aryl methyl sites for hydroxylation is 1. The van der Waals surface area contributed by atoms with Crippen LogP contribution in [0.2, 0.25) is 0 Å². The van der Waals surface area contributed by atoms with Gasteiger partial charge in [0.15, 0.2) is 5.78 Å². The molecular formula is C17H25NO. The quantitative estimate of drug-likeness (QED) is 0.771. The van der Waals surface area contributed by atoms with Crippen molar-refractivity contribution in [3.8, 4) is 0 Å². The highest BCUT2D eigenvalue weighted by molar-refractivity contribution is 5.97. The first-order chi connectivity index (χ1) is 9.11. The van der Waals surface area contributed by atoms with E-state index in [0.29, 0.717) is 18.5 Å². The van der Waals surface area contributed by atoms with Gasteiger partial charge in [0.05, 0.1) is 6.54 Å². The maximum atomic E-state index is 12.3. The summed E-state index contributed by atoms with van der Waals surface area (Å²) < 4.78 is 0. The molecule has 2 atom stereocenters. The van der Waals surface area contributed by atoms with Crippen LogP contribution in [0.15, 0.2) is 24.3 Å². The van der Waals surface area contributed by atoms with Gasteiger partial charge in [0.2, 0.25) is 0 Å². The van der Waals surface area contributed by atoms with Gasteiger partial charge in [-0.25, -0.2) is 0 Å². The van der Waals surface area contributed by atoms with Gasteiger partial charge in [-0.15, -0.1) is 0 Å². The monoisotopic (exact) mass is 259 g/mol. The largest absolute Gasteiger partial charge is 0.293 e. The number of carbonyl (C=O) groups is 1. The van der Waals surface area contributed by atoms with E-state index in [1.165, 1.54) is 18.4 Å². The zero-order chi connectivity index (χ0) is 13.8. The summed E-state index contributed by atoms with van der Waals surface area (Å²) in [5, 5.41) is 0. The Morgan fingerprint density at radius 1 is 1.26 bits per heavy atom. The van der Waals surface area contributed by atoms with E-state index in [2.05, 4.69) is 37.8 Å². The SMILES string of the molecule is CCc1ccc(C(=O)CN2CCCC(C)C2C)cc1. The second-order valence-electron chi connectivity index (χ2n) is 5.80. The maximum absolute atomic E-state index is 12.3. The molecule has 2 unspecified atom stereocenters. The van der Waals surface area contributed by atoms with Crippen molar-refractivity contribution < 1.29 is 4.79 Å². The summed E-state index contributed by atoms with van der Waals surface area (Å²) in [6.45, 7) is 8.30. The number of ketones is 1. The van der Waals surface area contributed by atoms with Gasteiger partial charge in [0.25, 0.3) is 0 Å². The summed E-state index contributed by atoms with van der Waals surface area (Å²) >= 11 is 0. The fourth-order valence-electron chi connectivity index (χ4n) is 2.85. The number of piperidine rings is 1. The predicted octanol–water partition coefficient (Wildman–Crippen LogP) is 3.55. The first-order valence-corrected chi connectivity index (χ1v) is 7.48. The molecule has 0 bridgehead atoms. The van der Waals surface area contributed by atoms with Crippen LogP contribution in [0, 0.1) is 5.92 Å². The Hall–Kier alpha value is -1.15. The summed E-state index contributed by atoms with van der Waals surface area (Å²) in [4.78, 5) is 14.7. The average molecular weight is 259 g/mol. The Morgan fingerprint density at radius 3 is 2.58 bits per heavy atom. The third-order valence-electron chi connectivity index (χ3n) is 4.54. The molecule has 2 nitrogen and oxygen atoms in total. The molecule has 1 saturated heterocycles. The predicted molar refractivity (Wildman–Crippen MR) is 79.6 cm³/mol. The summed E-state index contributed by atoms with van der Waals surface area (Å²) in [6, 6.07) is 8.59. The third-order valence-corrected chi connectivity index (χ3v) is 4.54. The van der Waals surface area contributed by atoms with Gasteiger partial charge < -0.3 is 0 Å². The molecule has 1 heterocycles. The first-order valence-electron chi connectivity index (χ1n) is 7.48. The van der Waals surface area contributed by atoms with Crippen molar-refractivity contribution in [2.75, 3.05) is 13.1 Å². The maximum Gasteiger partial charge on any atom is 0.176 e. The van der Waals surface area contributed by atoms with E-state index in [1.54, 1.807) is 0 Å². The van der Waals surface area contributed by atoms with E-state index in [4.69, 9.17) is 0 Å². The Bertz CT molecular complexity index is 423. The Morgan fingerprint density at radius 2 is 1.95 bits per heavy atom. The van der Waals surface area contributed by atoms with Gasteiger partial charge >= 0.3 is 0 Å². The minimum atomic E-state index is 0.253. The number of Topliss-reactive ketones (excluding diaryl/α,β-unsaturated/α-hetero) is 1. The standard InChI is InChI=1S/C17H25NO/c1-4-15-7-9-16(10-8-15)17(19)12-18-11-5-6-13(2)14(18)3/h7-10,13-14H,4-6,11-12H2,1-3H3. The van der Waals surface area contributed by atoms with E-state index in [9.17, 15) is 4.79 Å². The van der Waals surface area contributed by atoms with Crippen LogP contribution >= 0.6 is 0 Å². The van der Waals surface area contributed by atoms with Crippen molar-refractivity contribution in [1.29, 1.82) is 0 Å². The molecule has 0 spiro atoms. The first kappa shape index (κ1) is 14.3. The molecule has 0 aromatic heterocycles. The van der Waals surface area contributed by atoms with Gasteiger partial charge in [0.1, 0.15) is 0 Å². The highest BCUT2D eigenvalue weighted by atomic mass is 16.1. The van der Waals surface area contributed by atoms with Crippen LogP contribution in [0.3, 0.4) is 0 Å². The van der Waals surface area contributed by atoms with E-state index >= 15 is 0 Å². The fourth-order valence-corrected chi connectivity index (χ4v) is 2.85. The van der Waals surface area contributed by atoms with Gasteiger partial charge in [0, 0.05) is 11.6 Å². The van der Waals surface area contributed by atoms with Crippen molar-refractivity contribution in [2.45, 2.75) is 46.1 Å². The van der Waals surface area contributed by atoms with Crippen LogP contribution in [0.1, 0.15) is 49.5 Å². The van der Waals surface area contributed by atoms with Gasteiger partial charge in [-0.3, -0.25) is 9.69 Å². The van der Waals surface area contributed by atoms with Crippen LogP contribution in [0.4, 0.5) is 0 Å². The van der Waals surface area contributed by atoms with Crippen molar-refractivity contribution >= 4 is 5.78 Å². The number of rotatable bonds is 4. The molecule has 0 N–H and O–H groups in total. The molecule has 0 saturated carbocycles. The fraction of sp³-hybridized carbons (Fsp3) is 0.588. The minimum Gasteiger partial charge on any atom is -0.293 e. The van der Waals surface area contributed by atoms with E-state index in [-0.39, 0.29) is 5.78 Å². The Kier molecular flexibility index (Phi) is 4.76. The van der Waals surface area contributed by atoms with Crippen LogP contribution < -0.4 is 0 Å². The number of hydrogen-bond donors (Lipinski definition) is 0. The zero-order valence-corrected chi connectivity index (χ0v) is 12.4. The molecule has 1 aliphatic rings. The summed E-state index contributed by atoms with van der Waals surface area (Å²) in [6.07, 6.45) is 3.53. The Labute approximate surface area is 116 Å².